The molecule has 1 aromatic heterocycles. The molecule has 0 fully saturated rings. The van der Waals surface area contributed by atoms with Crippen LogP contribution in [-0.2, 0) is 24.9 Å². The van der Waals surface area contributed by atoms with Crippen LogP contribution in [-0.4, -0.2) is 54.9 Å². The molecule has 0 amide bonds. The summed E-state index contributed by atoms with van der Waals surface area (Å²) in [4.78, 5) is 35.1. The molecule has 2 aromatic rings. The summed E-state index contributed by atoms with van der Waals surface area (Å²) < 4.78 is 28.7. The molecule has 8 nitrogen and oxygen atoms in total. The van der Waals surface area contributed by atoms with Crippen molar-refractivity contribution in [2.75, 3.05) is 19.9 Å². The molecular weight excluding hydrogens is 382 g/mol. The van der Waals surface area contributed by atoms with Crippen molar-refractivity contribution in [2.24, 2.45) is 0 Å². The molecule has 148 valence electrons. The van der Waals surface area contributed by atoms with Gasteiger partial charge >= 0.3 is 5.97 Å². The van der Waals surface area contributed by atoms with Gasteiger partial charge in [0.25, 0.3) is 0 Å². The molecule has 1 atom stereocenters. The van der Waals surface area contributed by atoms with Crippen molar-refractivity contribution in [1.29, 1.82) is 0 Å². The number of carbonyl (C=O) groups excluding carboxylic acids is 2. The van der Waals surface area contributed by atoms with Crippen LogP contribution in [0.2, 0.25) is 0 Å². The van der Waals surface area contributed by atoms with E-state index in [4.69, 9.17) is 4.74 Å². The van der Waals surface area contributed by atoms with Crippen molar-refractivity contribution in [3.05, 3.63) is 53.3 Å². The first-order valence-electron chi connectivity index (χ1n) is 8.57. The molecule has 0 radical (unpaired) electrons. The molecule has 1 aliphatic rings. The Kier molecular flexibility index (Phi) is 5.07. The number of aromatic nitrogens is 2. The average Bonchev–Trinajstić information content (AvgIpc) is 2.88. The van der Waals surface area contributed by atoms with Crippen LogP contribution < -0.4 is 0 Å². The van der Waals surface area contributed by atoms with E-state index in [9.17, 15) is 18.0 Å². The van der Waals surface area contributed by atoms with Crippen LogP contribution in [0.4, 0.5) is 0 Å². The highest BCUT2D eigenvalue weighted by Gasteiger charge is 2.50. The number of hydrogen-bond donors (Lipinski definition) is 0. The molecular formula is C19H21N3O5S. The summed E-state index contributed by atoms with van der Waals surface area (Å²) >= 11 is 0. The van der Waals surface area contributed by atoms with Gasteiger partial charge in [0.05, 0.1) is 19.3 Å². The predicted molar refractivity (Wildman–Crippen MR) is 100 cm³/mol. The number of benzene rings is 1. The van der Waals surface area contributed by atoms with E-state index in [1.165, 1.54) is 13.3 Å². The van der Waals surface area contributed by atoms with Crippen LogP contribution in [0.3, 0.4) is 0 Å². The first-order valence-corrected chi connectivity index (χ1v) is 10.5. The Labute approximate surface area is 163 Å². The van der Waals surface area contributed by atoms with Crippen molar-refractivity contribution < 1.29 is 22.7 Å². The molecule has 0 bridgehead atoms. The molecule has 9 heteroatoms. The SMILES string of the molecule is COC(=O)C1c2nc(S(C)(=O)=O)ncc2C(C)(C)N1CC(=O)c1ccccc1. The van der Waals surface area contributed by atoms with Crippen molar-refractivity contribution in [1.82, 2.24) is 14.9 Å². The molecule has 3 rings (SSSR count). The van der Waals surface area contributed by atoms with Gasteiger partial charge in [-0.05, 0) is 13.8 Å². The highest BCUT2D eigenvalue weighted by Crippen LogP contribution is 2.45. The van der Waals surface area contributed by atoms with Gasteiger partial charge in [0.2, 0.25) is 15.0 Å². The van der Waals surface area contributed by atoms with Crippen molar-refractivity contribution in [3.8, 4) is 0 Å². The molecule has 1 unspecified atom stereocenters. The number of Topliss-reactive ketones (excluding diaryl/α,β-unsaturated/α-hetero) is 1. The van der Waals surface area contributed by atoms with E-state index in [2.05, 4.69) is 9.97 Å². The lowest BCUT2D eigenvalue weighted by molar-refractivity contribution is -0.148. The third kappa shape index (κ3) is 3.43. The largest absolute Gasteiger partial charge is 0.468 e. The van der Waals surface area contributed by atoms with Gasteiger partial charge in [0, 0.05) is 29.1 Å². The fourth-order valence-corrected chi connectivity index (χ4v) is 3.88. The lowest BCUT2D eigenvalue weighted by Gasteiger charge is -2.34. The third-order valence-corrected chi connectivity index (χ3v) is 5.77. The molecule has 0 aliphatic carbocycles. The summed E-state index contributed by atoms with van der Waals surface area (Å²) in [5, 5.41) is -0.368. The van der Waals surface area contributed by atoms with Crippen molar-refractivity contribution in [3.63, 3.8) is 0 Å². The molecule has 0 spiro atoms. The van der Waals surface area contributed by atoms with Crippen molar-refractivity contribution >= 4 is 21.6 Å². The number of hydrogen-bond acceptors (Lipinski definition) is 8. The van der Waals surface area contributed by atoms with E-state index in [-0.39, 0.29) is 23.2 Å². The molecule has 2 heterocycles. The quantitative estimate of drug-likeness (QED) is 0.420. The standard InChI is InChI=1S/C19H21N3O5S/c1-19(2)13-10-20-18(28(4,25)26)21-15(13)16(17(24)27-3)22(19)11-14(23)12-8-6-5-7-9-12/h5-10,16H,11H2,1-4H3. The zero-order valence-corrected chi connectivity index (χ0v) is 16.9. The normalized spacial score (nSPS) is 18.5. The Bertz CT molecular complexity index is 1030. The lowest BCUT2D eigenvalue weighted by atomic mass is 9.97. The maximum Gasteiger partial charge on any atom is 0.329 e. The average molecular weight is 403 g/mol. The van der Waals surface area contributed by atoms with E-state index >= 15 is 0 Å². The summed E-state index contributed by atoms with van der Waals surface area (Å²) in [7, 11) is -2.42. The molecule has 28 heavy (non-hydrogen) atoms. The number of esters is 1. The number of ketones is 1. The summed E-state index contributed by atoms with van der Waals surface area (Å²) in [5.41, 5.74) is 0.555. The number of nitrogens with zero attached hydrogens (tertiary/aromatic N) is 3. The summed E-state index contributed by atoms with van der Waals surface area (Å²) in [5.74, 6) is -0.794. The number of rotatable bonds is 5. The van der Waals surface area contributed by atoms with Crippen LogP contribution in [0.25, 0.3) is 0 Å². The van der Waals surface area contributed by atoms with E-state index in [1.807, 2.05) is 19.9 Å². The highest BCUT2D eigenvalue weighted by molar-refractivity contribution is 7.90. The fraction of sp³-hybridized carbons (Fsp3) is 0.368. The third-order valence-electron chi connectivity index (χ3n) is 4.91. The first-order chi connectivity index (χ1) is 13.1. The Morgan fingerprint density at radius 2 is 1.86 bits per heavy atom. The van der Waals surface area contributed by atoms with Crippen LogP contribution in [0.1, 0.15) is 41.5 Å². The van der Waals surface area contributed by atoms with Crippen LogP contribution in [0, 0.1) is 0 Å². The van der Waals surface area contributed by atoms with Crippen LogP contribution in [0.15, 0.2) is 41.7 Å². The molecule has 0 N–H and O–H groups in total. The Balaban J connectivity index is 2.08. The molecule has 0 saturated carbocycles. The number of ether oxygens (including phenoxy) is 1. The zero-order chi connectivity index (χ0) is 20.7. The van der Waals surface area contributed by atoms with E-state index in [1.54, 1.807) is 29.2 Å². The van der Waals surface area contributed by atoms with Gasteiger partial charge in [0.1, 0.15) is 0 Å². The van der Waals surface area contributed by atoms with E-state index < -0.39 is 27.4 Å². The van der Waals surface area contributed by atoms with Gasteiger partial charge in [-0.25, -0.2) is 23.2 Å². The maximum atomic E-state index is 12.8. The minimum absolute atomic E-state index is 0.0681. The van der Waals surface area contributed by atoms with Gasteiger partial charge in [-0.15, -0.1) is 0 Å². The second-order valence-corrected chi connectivity index (χ2v) is 9.03. The topological polar surface area (TPSA) is 107 Å². The molecule has 1 aromatic carbocycles. The predicted octanol–water partition coefficient (Wildman–Crippen LogP) is 1.53. The van der Waals surface area contributed by atoms with Crippen LogP contribution in [0.5, 0.6) is 0 Å². The van der Waals surface area contributed by atoms with Gasteiger partial charge in [-0.1, -0.05) is 30.3 Å². The van der Waals surface area contributed by atoms with Gasteiger partial charge in [-0.3, -0.25) is 9.69 Å². The fourth-order valence-electron chi connectivity index (χ4n) is 3.37. The Morgan fingerprint density at radius 1 is 1.21 bits per heavy atom. The number of sulfone groups is 1. The Morgan fingerprint density at radius 3 is 2.43 bits per heavy atom. The summed E-state index contributed by atoms with van der Waals surface area (Å²) in [6.07, 6.45) is 2.40. The number of fused-ring (bicyclic) bond motifs is 1. The van der Waals surface area contributed by atoms with Gasteiger partial charge in [-0.2, -0.15) is 0 Å². The summed E-state index contributed by atoms with van der Waals surface area (Å²) in [6, 6.07) is 7.73. The minimum Gasteiger partial charge on any atom is -0.468 e. The first kappa shape index (κ1) is 20.1. The second kappa shape index (κ2) is 7.06. The van der Waals surface area contributed by atoms with Gasteiger partial charge in [0.15, 0.2) is 11.8 Å². The molecule has 0 saturated heterocycles. The Hall–Kier alpha value is -2.65. The monoisotopic (exact) mass is 403 g/mol. The smallest absolute Gasteiger partial charge is 0.329 e. The summed E-state index contributed by atoms with van der Waals surface area (Å²) in [6.45, 7) is 3.59. The van der Waals surface area contributed by atoms with E-state index in [0.29, 0.717) is 11.1 Å². The number of carbonyl (C=O) groups is 2. The zero-order valence-electron chi connectivity index (χ0n) is 16.0. The molecule has 1 aliphatic heterocycles. The van der Waals surface area contributed by atoms with Crippen molar-refractivity contribution in [2.45, 2.75) is 30.6 Å². The lowest BCUT2D eigenvalue weighted by Crippen LogP contribution is -2.43. The second-order valence-electron chi connectivity index (χ2n) is 7.13. The maximum absolute atomic E-state index is 12.8. The minimum atomic E-state index is -3.66. The van der Waals surface area contributed by atoms with E-state index in [0.717, 1.165) is 6.26 Å². The highest BCUT2D eigenvalue weighted by atomic mass is 32.2. The van der Waals surface area contributed by atoms with Crippen LogP contribution >= 0.6 is 0 Å². The number of methoxy groups -OCH3 is 1. The van der Waals surface area contributed by atoms with Gasteiger partial charge < -0.3 is 4.74 Å².